The molecule has 2 aromatic rings. The first-order valence-electron chi connectivity index (χ1n) is 6.23. The lowest BCUT2D eigenvalue weighted by molar-refractivity contribution is 0.102. The highest BCUT2D eigenvalue weighted by Gasteiger charge is 2.12. The van der Waals surface area contributed by atoms with Gasteiger partial charge in [-0.3, -0.25) is 9.78 Å². The van der Waals surface area contributed by atoms with E-state index in [2.05, 4.69) is 22.1 Å². The predicted molar refractivity (Wildman–Crippen MR) is 77.3 cm³/mol. The smallest absolute Gasteiger partial charge is 0.258 e. The van der Waals surface area contributed by atoms with Crippen molar-refractivity contribution in [3.63, 3.8) is 0 Å². The van der Waals surface area contributed by atoms with Gasteiger partial charge in [0.05, 0.1) is 5.56 Å². The molecule has 0 saturated carbocycles. The van der Waals surface area contributed by atoms with Crippen molar-refractivity contribution in [2.45, 2.75) is 6.92 Å². The standard InChI is InChI=1S/C16H13FN2O2/c1-11-9-13(6-7-18-11)19-16(21)14-10-12(3-2-8-20)4-5-15(14)17/h4-7,9-10,20H,8H2,1H3,(H,18,19,21). The number of amides is 1. The Bertz CT molecular complexity index is 733. The number of aryl methyl sites for hydroxylation is 1. The number of carbonyl (C=O) groups is 1. The van der Waals surface area contributed by atoms with Crippen LogP contribution in [0.15, 0.2) is 36.5 Å². The van der Waals surface area contributed by atoms with E-state index in [0.717, 1.165) is 5.69 Å². The summed E-state index contributed by atoms with van der Waals surface area (Å²) in [5.41, 5.74) is 1.64. The van der Waals surface area contributed by atoms with Crippen molar-refractivity contribution in [1.29, 1.82) is 0 Å². The van der Waals surface area contributed by atoms with Crippen LogP contribution in [0.5, 0.6) is 0 Å². The van der Waals surface area contributed by atoms with E-state index in [0.29, 0.717) is 11.3 Å². The average Bonchev–Trinajstić information content (AvgIpc) is 2.46. The van der Waals surface area contributed by atoms with Gasteiger partial charge in [-0.1, -0.05) is 11.8 Å². The number of nitrogens with one attached hydrogen (secondary N) is 1. The number of benzene rings is 1. The number of hydrogen-bond acceptors (Lipinski definition) is 3. The molecule has 2 rings (SSSR count). The van der Waals surface area contributed by atoms with Crippen LogP contribution < -0.4 is 5.32 Å². The summed E-state index contributed by atoms with van der Waals surface area (Å²) < 4.78 is 13.8. The molecule has 0 bridgehead atoms. The minimum atomic E-state index is -0.632. The molecular weight excluding hydrogens is 271 g/mol. The number of aliphatic hydroxyl groups is 1. The third-order valence-corrected chi connectivity index (χ3v) is 2.68. The topological polar surface area (TPSA) is 62.2 Å². The molecule has 0 saturated heterocycles. The van der Waals surface area contributed by atoms with Gasteiger partial charge in [0, 0.05) is 23.1 Å². The van der Waals surface area contributed by atoms with Crippen LogP contribution in [0.25, 0.3) is 0 Å². The fraction of sp³-hybridized carbons (Fsp3) is 0.125. The molecule has 4 nitrogen and oxygen atoms in total. The minimum absolute atomic E-state index is 0.103. The van der Waals surface area contributed by atoms with Crippen molar-refractivity contribution < 1.29 is 14.3 Å². The maximum absolute atomic E-state index is 13.8. The van der Waals surface area contributed by atoms with E-state index in [1.54, 1.807) is 25.3 Å². The minimum Gasteiger partial charge on any atom is -0.384 e. The summed E-state index contributed by atoms with van der Waals surface area (Å²) in [6.45, 7) is 1.50. The molecule has 1 aromatic carbocycles. The van der Waals surface area contributed by atoms with Crippen LogP contribution in [0.3, 0.4) is 0 Å². The number of aliphatic hydroxyl groups excluding tert-OH is 1. The Balaban J connectivity index is 2.26. The normalized spacial score (nSPS) is 9.67. The Hall–Kier alpha value is -2.71. The quantitative estimate of drug-likeness (QED) is 0.830. The molecule has 0 spiro atoms. The van der Waals surface area contributed by atoms with Crippen LogP contribution in [0.1, 0.15) is 21.6 Å². The lowest BCUT2D eigenvalue weighted by Crippen LogP contribution is -2.14. The van der Waals surface area contributed by atoms with E-state index in [1.165, 1.54) is 18.2 Å². The molecule has 5 heteroatoms. The first-order chi connectivity index (χ1) is 10.1. The second-order valence-corrected chi connectivity index (χ2v) is 4.29. The van der Waals surface area contributed by atoms with Gasteiger partial charge in [-0.05, 0) is 37.3 Å². The highest BCUT2D eigenvalue weighted by atomic mass is 19.1. The summed E-state index contributed by atoms with van der Waals surface area (Å²) in [4.78, 5) is 16.1. The molecule has 1 amide bonds. The molecule has 0 atom stereocenters. The van der Waals surface area contributed by atoms with E-state index in [1.807, 2.05) is 0 Å². The fourth-order valence-electron chi connectivity index (χ4n) is 1.74. The number of hydrogen-bond donors (Lipinski definition) is 2. The second-order valence-electron chi connectivity index (χ2n) is 4.29. The Kier molecular flexibility index (Phi) is 4.64. The number of nitrogens with zero attached hydrogens (tertiary/aromatic N) is 1. The monoisotopic (exact) mass is 284 g/mol. The molecule has 1 aromatic heterocycles. The summed E-state index contributed by atoms with van der Waals surface area (Å²) in [6, 6.07) is 7.28. The van der Waals surface area contributed by atoms with E-state index in [9.17, 15) is 9.18 Å². The van der Waals surface area contributed by atoms with E-state index >= 15 is 0 Å². The van der Waals surface area contributed by atoms with Gasteiger partial charge in [0.1, 0.15) is 12.4 Å². The van der Waals surface area contributed by atoms with Gasteiger partial charge >= 0.3 is 0 Å². The molecule has 106 valence electrons. The van der Waals surface area contributed by atoms with Gasteiger partial charge in [0.15, 0.2) is 0 Å². The number of carbonyl (C=O) groups excluding carboxylic acids is 1. The van der Waals surface area contributed by atoms with Crippen LogP contribution in [-0.2, 0) is 0 Å². The van der Waals surface area contributed by atoms with Crippen molar-refractivity contribution in [2.24, 2.45) is 0 Å². The second kappa shape index (κ2) is 6.64. The lowest BCUT2D eigenvalue weighted by atomic mass is 10.1. The highest BCUT2D eigenvalue weighted by molar-refractivity contribution is 6.04. The third-order valence-electron chi connectivity index (χ3n) is 2.68. The zero-order valence-corrected chi connectivity index (χ0v) is 11.4. The van der Waals surface area contributed by atoms with Crippen molar-refractivity contribution in [1.82, 2.24) is 4.98 Å². The predicted octanol–water partition coefficient (Wildman–Crippen LogP) is 2.13. The third kappa shape index (κ3) is 3.88. The maximum atomic E-state index is 13.8. The Morgan fingerprint density at radius 3 is 2.90 bits per heavy atom. The molecule has 0 radical (unpaired) electrons. The number of halogens is 1. The molecule has 0 aliphatic carbocycles. The van der Waals surface area contributed by atoms with Crippen LogP contribution in [0, 0.1) is 24.6 Å². The number of anilines is 1. The Morgan fingerprint density at radius 1 is 1.38 bits per heavy atom. The van der Waals surface area contributed by atoms with Crippen molar-refractivity contribution in [3.05, 3.63) is 59.2 Å². The molecule has 0 unspecified atom stereocenters. The Labute approximate surface area is 121 Å². The summed E-state index contributed by atoms with van der Waals surface area (Å²) in [6.07, 6.45) is 1.56. The van der Waals surface area contributed by atoms with Crippen LogP contribution in [-0.4, -0.2) is 22.6 Å². The van der Waals surface area contributed by atoms with Crippen molar-refractivity contribution in [2.75, 3.05) is 11.9 Å². The summed E-state index contributed by atoms with van der Waals surface area (Å²) >= 11 is 0. The van der Waals surface area contributed by atoms with Crippen molar-refractivity contribution in [3.8, 4) is 11.8 Å². The molecule has 2 N–H and O–H groups in total. The van der Waals surface area contributed by atoms with E-state index in [4.69, 9.17) is 5.11 Å². The summed E-state index contributed by atoms with van der Waals surface area (Å²) in [5, 5.41) is 11.3. The molecule has 0 fully saturated rings. The van der Waals surface area contributed by atoms with Crippen LogP contribution in [0.2, 0.25) is 0 Å². The van der Waals surface area contributed by atoms with Gasteiger partial charge in [-0.25, -0.2) is 4.39 Å². The molecule has 0 aliphatic heterocycles. The molecule has 1 heterocycles. The number of aromatic nitrogens is 1. The van der Waals surface area contributed by atoms with Gasteiger partial charge in [0.2, 0.25) is 0 Å². The Morgan fingerprint density at radius 2 is 2.19 bits per heavy atom. The van der Waals surface area contributed by atoms with Gasteiger partial charge in [-0.15, -0.1) is 0 Å². The van der Waals surface area contributed by atoms with Crippen LogP contribution in [0.4, 0.5) is 10.1 Å². The average molecular weight is 284 g/mol. The number of pyridine rings is 1. The summed E-state index contributed by atoms with van der Waals surface area (Å²) in [5.74, 6) is 3.89. The molecule has 21 heavy (non-hydrogen) atoms. The van der Waals surface area contributed by atoms with Gasteiger partial charge < -0.3 is 10.4 Å². The maximum Gasteiger partial charge on any atom is 0.258 e. The molecule has 0 aliphatic rings. The van der Waals surface area contributed by atoms with Gasteiger partial charge in [0.25, 0.3) is 5.91 Å². The largest absolute Gasteiger partial charge is 0.384 e. The summed E-state index contributed by atoms with van der Waals surface area (Å²) in [7, 11) is 0. The van der Waals surface area contributed by atoms with Crippen LogP contribution >= 0.6 is 0 Å². The fourth-order valence-corrected chi connectivity index (χ4v) is 1.74. The van der Waals surface area contributed by atoms with Crippen molar-refractivity contribution >= 4 is 11.6 Å². The van der Waals surface area contributed by atoms with Gasteiger partial charge in [-0.2, -0.15) is 0 Å². The zero-order valence-electron chi connectivity index (χ0n) is 11.4. The first kappa shape index (κ1) is 14.7. The molecular formula is C16H13FN2O2. The SMILES string of the molecule is Cc1cc(NC(=O)c2cc(C#CCO)ccc2F)ccn1. The van der Waals surface area contributed by atoms with E-state index < -0.39 is 11.7 Å². The highest BCUT2D eigenvalue weighted by Crippen LogP contribution is 2.14. The first-order valence-corrected chi connectivity index (χ1v) is 6.23. The lowest BCUT2D eigenvalue weighted by Gasteiger charge is -2.07. The van der Waals surface area contributed by atoms with E-state index in [-0.39, 0.29) is 12.2 Å². The number of rotatable bonds is 2. The zero-order chi connectivity index (χ0) is 15.2.